The van der Waals surface area contributed by atoms with Crippen LogP contribution >= 0.6 is 0 Å². The summed E-state index contributed by atoms with van der Waals surface area (Å²) in [6, 6.07) is 2.62. The molecule has 0 aromatic carbocycles. The van der Waals surface area contributed by atoms with Crippen molar-refractivity contribution < 1.29 is 4.79 Å². The number of carbonyl (C=O) groups is 1. The van der Waals surface area contributed by atoms with Crippen molar-refractivity contribution in [2.75, 3.05) is 18.4 Å². The van der Waals surface area contributed by atoms with Gasteiger partial charge in [-0.15, -0.1) is 0 Å². The normalized spacial score (nSPS) is 10.8. The van der Waals surface area contributed by atoms with Crippen molar-refractivity contribution in [2.45, 2.75) is 27.7 Å². The van der Waals surface area contributed by atoms with Gasteiger partial charge in [-0.05, 0) is 17.9 Å². The van der Waals surface area contributed by atoms with Crippen molar-refractivity contribution in [3.63, 3.8) is 0 Å². The number of rotatable bonds is 5. The first-order chi connectivity index (χ1) is 8.88. The number of hydrogen-bond acceptors (Lipinski definition) is 3. The molecule has 0 spiro atoms. The van der Waals surface area contributed by atoms with E-state index >= 15 is 0 Å². The van der Waals surface area contributed by atoms with E-state index < -0.39 is 0 Å². The lowest BCUT2D eigenvalue weighted by Gasteiger charge is -2.26. The fraction of sp³-hybridized carbons (Fsp3) is 0.615. The average molecular weight is 266 g/mol. The van der Waals surface area contributed by atoms with E-state index in [1.165, 1.54) is 12.1 Å². The Morgan fingerprint density at radius 2 is 1.84 bits per heavy atom. The quantitative estimate of drug-likeness (QED) is 0.854. The molecule has 0 radical (unpaired) electrons. The summed E-state index contributed by atoms with van der Waals surface area (Å²) in [6.45, 7) is 9.65. The smallest absolute Gasteiger partial charge is 0.323 e. The van der Waals surface area contributed by atoms with Crippen molar-refractivity contribution in [2.24, 2.45) is 11.8 Å². The maximum atomic E-state index is 12.2. The second kappa shape index (κ2) is 6.92. The molecule has 0 fully saturated rings. The molecule has 0 bridgehead atoms. The first-order valence-electron chi connectivity index (χ1n) is 6.50. The number of hydrogen-bond donors (Lipinski definition) is 2. The van der Waals surface area contributed by atoms with Gasteiger partial charge in [-0.1, -0.05) is 27.7 Å². The molecule has 1 rings (SSSR count). The van der Waals surface area contributed by atoms with Gasteiger partial charge in [-0.3, -0.25) is 10.1 Å². The van der Waals surface area contributed by atoms with Crippen molar-refractivity contribution in [3.05, 3.63) is 22.5 Å². The molecule has 0 saturated carbocycles. The first-order valence-corrected chi connectivity index (χ1v) is 6.50. The molecule has 0 unspecified atom stereocenters. The predicted octanol–water partition coefficient (Wildman–Crippen LogP) is 1.92. The number of amides is 2. The van der Waals surface area contributed by atoms with Gasteiger partial charge >= 0.3 is 6.03 Å². The van der Waals surface area contributed by atoms with E-state index in [4.69, 9.17) is 0 Å². The zero-order valence-corrected chi connectivity index (χ0v) is 11.9. The maximum absolute atomic E-state index is 12.2. The molecule has 0 aliphatic carbocycles. The van der Waals surface area contributed by atoms with Crippen molar-refractivity contribution in [1.29, 1.82) is 0 Å². The van der Waals surface area contributed by atoms with Gasteiger partial charge in [0.15, 0.2) is 5.82 Å². The Morgan fingerprint density at radius 1 is 1.26 bits per heavy atom. The van der Waals surface area contributed by atoms with Crippen LogP contribution in [0.4, 0.5) is 10.6 Å². The van der Waals surface area contributed by atoms with Crippen LogP contribution in [-0.4, -0.2) is 34.2 Å². The number of anilines is 1. The minimum absolute atomic E-state index is 0.193. The Bertz CT molecular complexity index is 437. The van der Waals surface area contributed by atoms with Crippen LogP contribution in [0.3, 0.4) is 0 Å². The van der Waals surface area contributed by atoms with Crippen LogP contribution in [0.1, 0.15) is 27.7 Å². The molecule has 106 valence electrons. The Labute approximate surface area is 113 Å². The summed E-state index contributed by atoms with van der Waals surface area (Å²) in [5.74, 6) is 1.14. The van der Waals surface area contributed by atoms with Crippen molar-refractivity contribution in [1.82, 2.24) is 15.1 Å². The van der Waals surface area contributed by atoms with Gasteiger partial charge < -0.3 is 4.90 Å². The lowest BCUT2D eigenvalue weighted by molar-refractivity contribution is 0.196. The van der Waals surface area contributed by atoms with Crippen LogP contribution in [0.15, 0.2) is 16.9 Å². The fourth-order valence-electron chi connectivity index (χ4n) is 1.72. The second-order valence-corrected chi connectivity index (χ2v) is 5.43. The van der Waals surface area contributed by atoms with Gasteiger partial charge in [0.05, 0.1) is 0 Å². The Kier molecular flexibility index (Phi) is 5.54. The SMILES string of the molecule is CC(C)CN(CC(C)C)C(=O)Nc1ccc(=O)[nH]n1. The molecule has 0 atom stereocenters. The largest absolute Gasteiger partial charge is 0.324 e. The highest BCUT2D eigenvalue weighted by molar-refractivity contribution is 5.88. The summed E-state index contributed by atoms with van der Waals surface area (Å²) in [5.41, 5.74) is -0.292. The molecule has 0 saturated heterocycles. The van der Waals surface area contributed by atoms with E-state index in [9.17, 15) is 9.59 Å². The molecular weight excluding hydrogens is 244 g/mol. The van der Waals surface area contributed by atoms with Gasteiger partial charge in [0.25, 0.3) is 5.56 Å². The van der Waals surface area contributed by atoms with E-state index in [1.54, 1.807) is 4.90 Å². The number of nitrogens with one attached hydrogen (secondary N) is 2. The third-order valence-corrected chi connectivity index (χ3v) is 2.37. The van der Waals surface area contributed by atoms with Gasteiger partial charge in [-0.25, -0.2) is 9.89 Å². The molecule has 0 aliphatic rings. The number of H-pyrrole nitrogens is 1. The highest BCUT2D eigenvalue weighted by atomic mass is 16.2. The average Bonchev–Trinajstić information content (AvgIpc) is 2.30. The summed E-state index contributed by atoms with van der Waals surface area (Å²) in [5, 5.41) is 8.74. The molecular formula is C13H22N4O2. The van der Waals surface area contributed by atoms with Crippen LogP contribution in [0.5, 0.6) is 0 Å². The van der Waals surface area contributed by atoms with Gasteiger partial charge in [0, 0.05) is 19.2 Å². The molecule has 6 heteroatoms. The first kappa shape index (κ1) is 15.2. The Hall–Kier alpha value is -1.85. The van der Waals surface area contributed by atoms with Gasteiger partial charge in [0.2, 0.25) is 0 Å². The number of aromatic amines is 1. The zero-order chi connectivity index (χ0) is 14.4. The summed E-state index contributed by atoms with van der Waals surface area (Å²) in [6.07, 6.45) is 0. The molecule has 1 aromatic rings. The molecule has 19 heavy (non-hydrogen) atoms. The van der Waals surface area contributed by atoms with Crippen LogP contribution < -0.4 is 10.9 Å². The minimum Gasteiger partial charge on any atom is -0.324 e. The fourth-order valence-corrected chi connectivity index (χ4v) is 1.72. The summed E-state index contributed by atoms with van der Waals surface area (Å²) in [7, 11) is 0. The van der Waals surface area contributed by atoms with E-state index in [0.717, 1.165) is 0 Å². The number of urea groups is 1. The molecule has 2 N–H and O–H groups in total. The van der Waals surface area contributed by atoms with Crippen LogP contribution in [0.25, 0.3) is 0 Å². The highest BCUT2D eigenvalue weighted by Gasteiger charge is 2.16. The highest BCUT2D eigenvalue weighted by Crippen LogP contribution is 2.07. The molecule has 1 aromatic heterocycles. The van der Waals surface area contributed by atoms with Crippen LogP contribution in [0, 0.1) is 11.8 Å². The van der Waals surface area contributed by atoms with E-state index in [2.05, 4.69) is 43.2 Å². The lowest BCUT2D eigenvalue weighted by atomic mass is 10.1. The summed E-state index contributed by atoms with van der Waals surface area (Å²) >= 11 is 0. The third kappa shape index (κ3) is 5.54. The van der Waals surface area contributed by atoms with Gasteiger partial charge in [-0.2, -0.15) is 5.10 Å². The zero-order valence-electron chi connectivity index (χ0n) is 11.9. The van der Waals surface area contributed by atoms with Crippen molar-refractivity contribution in [3.8, 4) is 0 Å². The van der Waals surface area contributed by atoms with E-state index in [0.29, 0.717) is 30.7 Å². The maximum Gasteiger partial charge on any atom is 0.323 e. The lowest BCUT2D eigenvalue weighted by Crippen LogP contribution is -2.40. The summed E-state index contributed by atoms with van der Waals surface area (Å²) in [4.78, 5) is 24.8. The third-order valence-electron chi connectivity index (χ3n) is 2.37. The number of carbonyl (C=O) groups excluding carboxylic acids is 1. The van der Waals surface area contributed by atoms with E-state index in [-0.39, 0.29) is 11.6 Å². The molecule has 6 nitrogen and oxygen atoms in total. The molecule has 0 aliphatic heterocycles. The van der Waals surface area contributed by atoms with E-state index in [1.807, 2.05) is 0 Å². The van der Waals surface area contributed by atoms with Crippen LogP contribution in [0.2, 0.25) is 0 Å². The molecule has 1 heterocycles. The number of aromatic nitrogens is 2. The summed E-state index contributed by atoms with van der Waals surface area (Å²) < 4.78 is 0. The number of nitrogens with zero attached hydrogens (tertiary/aromatic N) is 2. The Morgan fingerprint density at radius 3 is 2.26 bits per heavy atom. The standard InChI is InChI=1S/C13H22N4O2/c1-9(2)7-17(8-10(3)4)13(19)14-11-5-6-12(18)16-15-11/h5-6,9-10H,7-8H2,1-4H3,(H,16,18)(H,14,15,19). The monoisotopic (exact) mass is 266 g/mol. The van der Waals surface area contributed by atoms with Crippen LogP contribution in [-0.2, 0) is 0 Å². The minimum atomic E-state index is -0.292. The van der Waals surface area contributed by atoms with Crippen molar-refractivity contribution >= 4 is 11.8 Å². The second-order valence-electron chi connectivity index (χ2n) is 5.43. The topological polar surface area (TPSA) is 78.1 Å². The van der Waals surface area contributed by atoms with Gasteiger partial charge in [0.1, 0.15) is 0 Å². The predicted molar refractivity (Wildman–Crippen MR) is 75.1 cm³/mol. The Balaban J connectivity index is 2.70. The molecule has 2 amide bonds.